The van der Waals surface area contributed by atoms with Gasteiger partial charge in [0.25, 0.3) is 11.8 Å². The molecule has 0 spiro atoms. The van der Waals surface area contributed by atoms with Gasteiger partial charge in [-0.15, -0.1) is 0 Å². The molecule has 3 aromatic heterocycles. The number of aromatic nitrogens is 3. The molecule has 4 N–H and O–H groups in total. The first kappa shape index (κ1) is 19.7. The van der Waals surface area contributed by atoms with Crippen LogP contribution in [0.4, 0.5) is 5.69 Å². The number of nitrogens with one attached hydrogen (secondary N) is 4. The molecule has 2 amide bonds. The number of imide groups is 1. The summed E-state index contributed by atoms with van der Waals surface area (Å²) in [5.41, 5.74) is 7.49. The first-order valence-corrected chi connectivity index (χ1v) is 11.4. The van der Waals surface area contributed by atoms with Gasteiger partial charge in [0.1, 0.15) is 0 Å². The number of H-pyrrole nitrogens is 2. The molecule has 1 aliphatic heterocycles. The van der Waals surface area contributed by atoms with Crippen molar-refractivity contribution < 1.29 is 9.59 Å². The second kappa shape index (κ2) is 7.12. The monoisotopic (exact) mass is 476 g/mol. The quantitative estimate of drug-likeness (QED) is 0.210. The third kappa shape index (κ3) is 2.72. The molecule has 0 saturated heterocycles. The molecule has 4 heterocycles. The number of rotatable bonds is 2. The largest absolute Gasteiger partial charge is 0.353 e. The molecule has 3 aromatic carbocycles. The molecule has 0 saturated carbocycles. The first-order chi connectivity index (χ1) is 17.1. The minimum absolute atomic E-state index is 0.109. The van der Waals surface area contributed by atoms with Crippen LogP contribution in [0.2, 0.25) is 0 Å². The zero-order valence-corrected chi connectivity index (χ0v) is 18.9. The topological polar surface area (TPSA) is 106 Å². The number of benzene rings is 3. The van der Waals surface area contributed by atoms with Gasteiger partial charge in [0, 0.05) is 38.8 Å². The number of hydrogen-bond donors (Lipinski definition) is 4. The van der Waals surface area contributed by atoms with Gasteiger partial charge in [0.15, 0.2) is 5.11 Å². The highest BCUT2D eigenvalue weighted by Crippen LogP contribution is 2.43. The molecule has 0 radical (unpaired) electrons. The lowest BCUT2D eigenvalue weighted by atomic mass is 9.97. The Morgan fingerprint density at radius 3 is 1.91 bits per heavy atom. The summed E-state index contributed by atoms with van der Waals surface area (Å²) in [5, 5.41) is 7.22. The number of anilines is 1. The van der Waals surface area contributed by atoms with Crippen LogP contribution in [0, 0.1) is 0 Å². The van der Waals surface area contributed by atoms with Gasteiger partial charge in [0.05, 0.1) is 34.0 Å². The SMILES string of the molecule is O=C1c2c(c3c4ccccc4[nH]c3c3[nH]c4ccccc4c23)C(=O)N1NC(=S)Nc1cccnc1. The Morgan fingerprint density at radius 1 is 0.800 bits per heavy atom. The minimum Gasteiger partial charge on any atom is -0.353 e. The van der Waals surface area contributed by atoms with Crippen molar-refractivity contribution in [2.24, 2.45) is 0 Å². The van der Waals surface area contributed by atoms with Crippen molar-refractivity contribution in [3.63, 3.8) is 0 Å². The molecule has 35 heavy (non-hydrogen) atoms. The number of hydrazine groups is 1. The summed E-state index contributed by atoms with van der Waals surface area (Å²) in [7, 11) is 0. The van der Waals surface area contributed by atoms with Crippen LogP contribution >= 0.6 is 12.2 Å². The Bertz CT molecular complexity index is 1760. The Balaban J connectivity index is 1.46. The van der Waals surface area contributed by atoms with Gasteiger partial charge in [-0.05, 0) is 36.5 Å². The van der Waals surface area contributed by atoms with E-state index in [9.17, 15) is 9.59 Å². The van der Waals surface area contributed by atoms with Crippen molar-refractivity contribution in [3.8, 4) is 0 Å². The Hall–Kier alpha value is -4.76. The molecule has 6 aromatic rings. The van der Waals surface area contributed by atoms with Crippen molar-refractivity contribution >= 4 is 78.4 Å². The molecule has 1 aliphatic rings. The maximum atomic E-state index is 13.8. The van der Waals surface area contributed by atoms with E-state index in [1.165, 1.54) is 0 Å². The van der Waals surface area contributed by atoms with Crippen molar-refractivity contribution in [2.75, 3.05) is 5.32 Å². The molecule has 9 heteroatoms. The molecule has 8 nitrogen and oxygen atoms in total. The maximum Gasteiger partial charge on any atom is 0.281 e. The first-order valence-electron chi connectivity index (χ1n) is 10.9. The van der Waals surface area contributed by atoms with Crippen molar-refractivity contribution in [1.29, 1.82) is 0 Å². The number of carbonyl (C=O) groups is 2. The van der Waals surface area contributed by atoms with E-state index in [1.807, 2.05) is 48.5 Å². The van der Waals surface area contributed by atoms with Gasteiger partial charge in [-0.3, -0.25) is 20.0 Å². The van der Waals surface area contributed by atoms with Gasteiger partial charge < -0.3 is 15.3 Å². The molecular weight excluding hydrogens is 460 g/mol. The standard InChI is InChI=1S/C26H16N6O2S/c33-24-20-18-14-7-1-3-9-16(14)29-22(18)23-19(15-8-2-4-10-17(15)30-23)21(20)25(34)32(24)31-26(35)28-13-6-5-11-27-12-13/h1-12,29-30H,(H2,28,31,35). The fraction of sp³-hybridized carbons (Fsp3) is 0. The van der Waals surface area contributed by atoms with Crippen LogP contribution in [-0.4, -0.2) is 36.9 Å². The highest BCUT2D eigenvalue weighted by molar-refractivity contribution is 7.80. The lowest BCUT2D eigenvalue weighted by molar-refractivity contribution is 0.0614. The molecular formula is C26H16N6O2S. The average molecular weight is 477 g/mol. The molecule has 0 fully saturated rings. The fourth-order valence-electron chi connectivity index (χ4n) is 4.97. The van der Waals surface area contributed by atoms with E-state index < -0.39 is 11.8 Å². The molecule has 168 valence electrons. The van der Waals surface area contributed by atoms with Gasteiger partial charge in [-0.2, -0.15) is 5.01 Å². The van der Waals surface area contributed by atoms with E-state index in [2.05, 4.69) is 25.7 Å². The molecule has 0 atom stereocenters. The molecule has 7 rings (SSSR count). The van der Waals surface area contributed by atoms with Crippen LogP contribution in [0.5, 0.6) is 0 Å². The lowest BCUT2D eigenvalue weighted by Gasteiger charge is -2.17. The van der Waals surface area contributed by atoms with Crippen molar-refractivity contribution in [1.82, 2.24) is 25.4 Å². The number of thiocarbonyl (C=S) groups is 1. The molecule has 0 bridgehead atoms. The normalized spacial score (nSPS) is 13.3. The Labute approximate surface area is 202 Å². The zero-order valence-electron chi connectivity index (χ0n) is 18.0. The predicted octanol–water partition coefficient (Wildman–Crippen LogP) is 4.85. The van der Waals surface area contributed by atoms with Crippen LogP contribution in [0.1, 0.15) is 20.7 Å². The van der Waals surface area contributed by atoms with Crippen LogP contribution in [0.3, 0.4) is 0 Å². The maximum absolute atomic E-state index is 13.8. The average Bonchev–Trinajstić information content (AvgIpc) is 3.51. The summed E-state index contributed by atoms with van der Waals surface area (Å²) < 4.78 is 0. The minimum atomic E-state index is -0.456. The van der Waals surface area contributed by atoms with Gasteiger partial charge in [0.2, 0.25) is 0 Å². The lowest BCUT2D eigenvalue weighted by Crippen LogP contribution is -2.47. The summed E-state index contributed by atoms with van der Waals surface area (Å²) in [5.74, 6) is -0.912. The second-order valence-corrected chi connectivity index (χ2v) is 8.75. The number of aromatic amines is 2. The number of carbonyl (C=O) groups excluding carboxylic acids is 2. The Morgan fingerprint density at radius 2 is 1.37 bits per heavy atom. The van der Waals surface area contributed by atoms with Gasteiger partial charge >= 0.3 is 0 Å². The van der Waals surface area contributed by atoms with E-state index in [0.29, 0.717) is 27.6 Å². The van der Waals surface area contributed by atoms with Gasteiger partial charge in [-0.25, -0.2) is 0 Å². The van der Waals surface area contributed by atoms with E-state index >= 15 is 0 Å². The fourth-order valence-corrected chi connectivity index (χ4v) is 5.18. The Kier molecular flexibility index (Phi) is 4.00. The third-order valence-electron chi connectivity index (χ3n) is 6.38. The second-order valence-electron chi connectivity index (χ2n) is 8.34. The number of para-hydroxylation sites is 2. The number of nitrogens with zero attached hydrogens (tertiary/aromatic N) is 2. The van der Waals surface area contributed by atoms with E-state index in [1.54, 1.807) is 24.5 Å². The molecule has 0 aliphatic carbocycles. The summed E-state index contributed by atoms with van der Waals surface area (Å²) in [4.78, 5) is 38.5. The van der Waals surface area contributed by atoms with Crippen LogP contribution in [0.15, 0.2) is 73.1 Å². The number of hydrogen-bond acceptors (Lipinski definition) is 4. The predicted molar refractivity (Wildman–Crippen MR) is 139 cm³/mol. The highest BCUT2D eigenvalue weighted by atomic mass is 32.1. The summed E-state index contributed by atoms with van der Waals surface area (Å²) in [6, 6.07) is 19.1. The van der Waals surface area contributed by atoms with E-state index in [-0.39, 0.29) is 5.11 Å². The summed E-state index contributed by atoms with van der Waals surface area (Å²) in [6.07, 6.45) is 3.24. The van der Waals surface area contributed by atoms with Crippen LogP contribution in [-0.2, 0) is 0 Å². The summed E-state index contributed by atoms with van der Waals surface area (Å²) in [6.45, 7) is 0. The van der Waals surface area contributed by atoms with Crippen molar-refractivity contribution in [2.45, 2.75) is 0 Å². The zero-order chi connectivity index (χ0) is 23.7. The number of pyridine rings is 1. The van der Waals surface area contributed by atoms with Crippen LogP contribution in [0.25, 0.3) is 43.6 Å². The summed E-state index contributed by atoms with van der Waals surface area (Å²) >= 11 is 5.39. The van der Waals surface area contributed by atoms with E-state index in [0.717, 1.165) is 37.8 Å². The number of amides is 2. The van der Waals surface area contributed by atoms with E-state index in [4.69, 9.17) is 12.2 Å². The van der Waals surface area contributed by atoms with Crippen molar-refractivity contribution in [3.05, 3.63) is 84.2 Å². The smallest absolute Gasteiger partial charge is 0.281 e. The third-order valence-corrected chi connectivity index (χ3v) is 6.57. The molecule has 0 unspecified atom stereocenters. The van der Waals surface area contributed by atoms with Crippen LogP contribution < -0.4 is 10.7 Å². The van der Waals surface area contributed by atoms with Gasteiger partial charge in [-0.1, -0.05) is 36.4 Å². The highest BCUT2D eigenvalue weighted by Gasteiger charge is 2.41. The number of fused-ring (bicyclic) bond motifs is 10.